The predicted molar refractivity (Wildman–Crippen MR) is 145 cm³/mol. The molecule has 2 N–H and O–H groups in total. The number of benzene rings is 1. The molecule has 0 radical (unpaired) electrons. The Balaban J connectivity index is 1.12. The van der Waals surface area contributed by atoms with Gasteiger partial charge in [-0.15, -0.1) is 0 Å². The number of aromatic amines is 1. The third-order valence-electron chi connectivity index (χ3n) is 7.74. The number of amides is 1. The van der Waals surface area contributed by atoms with Gasteiger partial charge in [0, 0.05) is 68.4 Å². The summed E-state index contributed by atoms with van der Waals surface area (Å²) in [5.41, 5.74) is 3.23. The first kappa shape index (κ1) is 27.2. The summed E-state index contributed by atoms with van der Waals surface area (Å²) in [6, 6.07) is 6.83. The van der Waals surface area contributed by atoms with Crippen molar-refractivity contribution in [2.75, 3.05) is 31.5 Å². The Hall–Kier alpha value is -4.00. The molecule has 1 unspecified atom stereocenters. The van der Waals surface area contributed by atoms with Crippen LogP contribution in [-0.4, -0.2) is 72.8 Å². The fourth-order valence-electron chi connectivity index (χ4n) is 5.23. The Morgan fingerprint density at radius 2 is 1.95 bits per heavy atom. The number of hydrogen-bond acceptors (Lipinski definition) is 6. The van der Waals surface area contributed by atoms with E-state index in [9.17, 15) is 22.4 Å². The van der Waals surface area contributed by atoms with E-state index in [1.165, 1.54) is 23.8 Å². The molecule has 0 bridgehead atoms. The number of fused-ring (bicyclic) bond motifs is 1. The van der Waals surface area contributed by atoms with Gasteiger partial charge in [-0.1, -0.05) is 0 Å². The molecule has 216 valence electrons. The van der Waals surface area contributed by atoms with Gasteiger partial charge in [0.15, 0.2) is 0 Å². The summed E-state index contributed by atoms with van der Waals surface area (Å²) in [5, 5.41) is 7.53. The molecule has 6 rings (SSSR count). The molecule has 1 saturated carbocycles. The minimum atomic E-state index is -4.50. The maximum Gasteiger partial charge on any atom is 0.397 e. The minimum absolute atomic E-state index is 0.0495. The monoisotopic (exact) mass is 570 g/mol. The molecule has 1 atom stereocenters. The zero-order chi connectivity index (χ0) is 28.7. The highest BCUT2D eigenvalue weighted by atomic mass is 19.4. The fraction of sp³-hybridized carbons (Fsp3) is 0.429. The molecule has 1 saturated heterocycles. The van der Waals surface area contributed by atoms with E-state index in [2.05, 4.69) is 30.3 Å². The summed E-state index contributed by atoms with van der Waals surface area (Å²) in [7, 11) is 0. The normalized spacial score (nSPS) is 17.2. The number of carbonyl (C=O) groups excluding carboxylic acids is 1. The quantitative estimate of drug-likeness (QED) is 0.280. The third-order valence-corrected chi connectivity index (χ3v) is 7.74. The lowest BCUT2D eigenvalue weighted by molar-refractivity contribution is -0.162. The Bertz CT molecular complexity index is 1550. The third kappa shape index (κ3) is 6.34. The minimum Gasteiger partial charge on any atom is -0.340 e. The Morgan fingerprint density at radius 1 is 1.17 bits per heavy atom. The van der Waals surface area contributed by atoms with E-state index in [1.807, 2.05) is 29.9 Å². The molecular weight excluding hydrogens is 540 g/mol. The van der Waals surface area contributed by atoms with Crippen molar-refractivity contribution in [1.82, 2.24) is 34.5 Å². The first-order chi connectivity index (χ1) is 19.6. The molecule has 0 spiro atoms. The van der Waals surface area contributed by atoms with Gasteiger partial charge in [-0.3, -0.25) is 14.4 Å². The van der Waals surface area contributed by atoms with Crippen molar-refractivity contribution in [3.05, 3.63) is 54.2 Å². The van der Waals surface area contributed by atoms with Gasteiger partial charge in [0.25, 0.3) is 0 Å². The number of piperazine rings is 1. The van der Waals surface area contributed by atoms with Crippen LogP contribution in [0.3, 0.4) is 0 Å². The molecule has 9 nitrogen and oxygen atoms in total. The van der Waals surface area contributed by atoms with Gasteiger partial charge in [-0.05, 0) is 49.4 Å². The van der Waals surface area contributed by atoms with Gasteiger partial charge in [-0.2, -0.15) is 18.3 Å². The SMILES string of the molecule is CC(c1ccnc(Nc2nc3cc(-c4cnn(CC5CC5)c4)c(F)cc3[nH]2)c1)N1CCN(C(=O)CC(F)(F)F)CC1. The lowest BCUT2D eigenvalue weighted by atomic mass is 10.1. The van der Waals surface area contributed by atoms with Crippen LogP contribution in [0.2, 0.25) is 0 Å². The lowest BCUT2D eigenvalue weighted by Crippen LogP contribution is -2.50. The van der Waals surface area contributed by atoms with Crippen molar-refractivity contribution >= 4 is 28.7 Å². The van der Waals surface area contributed by atoms with Crippen LogP contribution in [0, 0.1) is 11.7 Å². The van der Waals surface area contributed by atoms with Crippen molar-refractivity contribution < 1.29 is 22.4 Å². The largest absolute Gasteiger partial charge is 0.397 e. The number of imidazole rings is 1. The molecule has 3 aromatic heterocycles. The van der Waals surface area contributed by atoms with Gasteiger partial charge in [0.2, 0.25) is 11.9 Å². The van der Waals surface area contributed by atoms with Crippen LogP contribution >= 0.6 is 0 Å². The van der Waals surface area contributed by atoms with Gasteiger partial charge in [0.05, 0.1) is 17.2 Å². The van der Waals surface area contributed by atoms with E-state index in [4.69, 9.17) is 0 Å². The van der Waals surface area contributed by atoms with Gasteiger partial charge >= 0.3 is 6.18 Å². The molecule has 1 aliphatic heterocycles. The molecule has 1 aromatic carbocycles. The number of halogens is 4. The van der Waals surface area contributed by atoms with Crippen LogP contribution in [0.1, 0.15) is 37.8 Å². The molecule has 1 aliphatic carbocycles. The second-order valence-electron chi connectivity index (χ2n) is 10.8. The number of carbonyl (C=O) groups is 1. The maximum atomic E-state index is 15.0. The number of hydrogen-bond donors (Lipinski definition) is 2. The van der Waals surface area contributed by atoms with E-state index < -0.39 is 18.5 Å². The zero-order valence-corrected chi connectivity index (χ0v) is 22.5. The van der Waals surface area contributed by atoms with Crippen LogP contribution in [0.25, 0.3) is 22.2 Å². The highest BCUT2D eigenvalue weighted by molar-refractivity contribution is 5.84. The number of alkyl halides is 3. The number of nitrogens with one attached hydrogen (secondary N) is 2. The summed E-state index contributed by atoms with van der Waals surface area (Å²) in [6.07, 6.45) is 1.70. The highest BCUT2D eigenvalue weighted by Gasteiger charge is 2.35. The van der Waals surface area contributed by atoms with E-state index in [-0.39, 0.29) is 24.9 Å². The van der Waals surface area contributed by atoms with E-state index in [1.54, 1.807) is 18.5 Å². The number of pyridine rings is 1. The predicted octanol–water partition coefficient (Wildman–Crippen LogP) is 5.27. The summed E-state index contributed by atoms with van der Waals surface area (Å²) in [5.74, 6) is 0.358. The summed E-state index contributed by atoms with van der Waals surface area (Å²) >= 11 is 0. The van der Waals surface area contributed by atoms with Crippen molar-refractivity contribution in [2.24, 2.45) is 5.92 Å². The zero-order valence-electron chi connectivity index (χ0n) is 22.5. The van der Waals surface area contributed by atoms with Gasteiger partial charge in [-0.25, -0.2) is 14.4 Å². The molecular formula is C28H30F4N8O. The smallest absolute Gasteiger partial charge is 0.340 e. The number of nitrogens with zero attached hydrogens (tertiary/aromatic N) is 6. The number of rotatable bonds is 8. The number of anilines is 2. The first-order valence-corrected chi connectivity index (χ1v) is 13.6. The second kappa shape index (κ2) is 10.8. The maximum absolute atomic E-state index is 15.0. The topological polar surface area (TPSA) is 95.0 Å². The van der Waals surface area contributed by atoms with E-state index >= 15 is 0 Å². The summed E-state index contributed by atoms with van der Waals surface area (Å²) < 4.78 is 54.6. The Morgan fingerprint density at radius 3 is 2.68 bits per heavy atom. The summed E-state index contributed by atoms with van der Waals surface area (Å²) in [4.78, 5) is 27.4. The van der Waals surface area contributed by atoms with Gasteiger partial charge in [0.1, 0.15) is 18.1 Å². The van der Waals surface area contributed by atoms with E-state index in [0.29, 0.717) is 52.9 Å². The van der Waals surface area contributed by atoms with Crippen molar-refractivity contribution in [3.8, 4) is 11.1 Å². The first-order valence-electron chi connectivity index (χ1n) is 13.6. The number of H-pyrrole nitrogens is 1. The van der Waals surface area contributed by atoms with Crippen LogP contribution in [-0.2, 0) is 11.3 Å². The molecule has 13 heteroatoms. The van der Waals surface area contributed by atoms with Gasteiger partial charge < -0.3 is 15.2 Å². The molecule has 1 amide bonds. The number of aromatic nitrogens is 5. The van der Waals surface area contributed by atoms with E-state index in [0.717, 1.165) is 12.1 Å². The van der Waals surface area contributed by atoms with Crippen LogP contribution < -0.4 is 5.32 Å². The molecule has 2 fully saturated rings. The molecule has 2 aliphatic rings. The summed E-state index contributed by atoms with van der Waals surface area (Å²) in [6.45, 7) is 4.27. The van der Waals surface area contributed by atoms with Crippen LogP contribution in [0.4, 0.5) is 29.3 Å². The van der Waals surface area contributed by atoms with Crippen molar-refractivity contribution in [3.63, 3.8) is 0 Å². The van der Waals surface area contributed by atoms with Crippen molar-refractivity contribution in [2.45, 2.75) is 44.9 Å². The fourth-order valence-corrected chi connectivity index (χ4v) is 5.23. The molecule has 4 aromatic rings. The Kier molecular flexibility index (Phi) is 7.14. The second-order valence-corrected chi connectivity index (χ2v) is 10.8. The highest BCUT2D eigenvalue weighted by Crippen LogP contribution is 2.32. The van der Waals surface area contributed by atoms with Crippen molar-refractivity contribution in [1.29, 1.82) is 0 Å². The van der Waals surface area contributed by atoms with Crippen LogP contribution in [0.5, 0.6) is 0 Å². The molecule has 41 heavy (non-hydrogen) atoms. The molecule has 4 heterocycles. The van der Waals surface area contributed by atoms with Crippen LogP contribution in [0.15, 0.2) is 42.9 Å². The average Bonchev–Trinajstić information content (AvgIpc) is 3.48. The average molecular weight is 571 g/mol. The Labute approximate surface area is 233 Å². The lowest BCUT2D eigenvalue weighted by Gasteiger charge is -2.38. The standard InChI is InChI=1S/C28H30F4N8O/c1-17(38-6-8-39(9-7-38)26(41)13-28(30,31)32)19-4-5-33-25(10-19)37-27-35-23-11-21(22(29)12-24(23)36-27)20-14-34-40(16-20)15-18-2-3-18/h4-5,10-12,14,16-18H,2-3,6-9,13,15H2,1H3,(H2,33,35,36,37).